The van der Waals surface area contributed by atoms with Crippen LogP contribution in [0, 0.1) is 0 Å². The summed E-state index contributed by atoms with van der Waals surface area (Å²) >= 11 is 0. The van der Waals surface area contributed by atoms with Crippen LogP contribution in [-0.4, -0.2) is 60.8 Å². The fraction of sp³-hybridized carbons (Fsp3) is 0.444. The highest BCUT2D eigenvalue weighted by Crippen LogP contribution is 2.33. The Kier molecular flexibility index (Phi) is 5.34. The summed E-state index contributed by atoms with van der Waals surface area (Å²) in [6.45, 7) is -0.879. The summed E-state index contributed by atoms with van der Waals surface area (Å²) in [6.07, 6.45) is 0.934. The average Bonchev–Trinajstić information content (AvgIpc) is 3.07. The molecule has 2 aliphatic heterocycles. The van der Waals surface area contributed by atoms with Gasteiger partial charge in [0.1, 0.15) is 13.1 Å². The van der Waals surface area contributed by atoms with Crippen LogP contribution in [0.3, 0.4) is 0 Å². The Morgan fingerprint density at radius 1 is 0.667 bits per heavy atom. The van der Waals surface area contributed by atoms with Gasteiger partial charge in [0.15, 0.2) is 0 Å². The van der Waals surface area contributed by atoms with Crippen LogP contribution < -0.4 is 0 Å². The molecule has 0 aliphatic carbocycles. The molecule has 2 fully saturated rings. The Hall–Kier alpha value is -2.28. The maximum atomic E-state index is 12.4. The molecule has 0 unspecified atom stereocenters. The van der Waals surface area contributed by atoms with E-state index in [2.05, 4.69) is 0 Å². The van der Waals surface area contributed by atoms with Crippen molar-refractivity contribution >= 4 is 43.7 Å². The van der Waals surface area contributed by atoms with E-state index in [1.54, 1.807) is 0 Å². The van der Waals surface area contributed by atoms with Crippen LogP contribution in [0.1, 0.15) is 36.8 Å². The lowest BCUT2D eigenvalue weighted by atomic mass is 10.1. The van der Waals surface area contributed by atoms with Gasteiger partial charge in [-0.05, 0) is 6.07 Å². The second kappa shape index (κ2) is 7.15. The molecule has 0 radical (unpaired) electrons. The van der Waals surface area contributed by atoms with E-state index >= 15 is 0 Å². The van der Waals surface area contributed by atoms with Crippen LogP contribution in [0.2, 0.25) is 0 Å². The molecule has 0 N–H and O–H groups in total. The number of rotatable bonds is 6. The highest BCUT2D eigenvalue weighted by Gasteiger charge is 2.59. The van der Waals surface area contributed by atoms with E-state index in [9.17, 15) is 36.0 Å². The van der Waals surface area contributed by atoms with Crippen molar-refractivity contribution in [2.75, 3.05) is 12.5 Å². The average molecular weight is 459 g/mol. The molecule has 0 saturated carbocycles. The van der Waals surface area contributed by atoms with Crippen molar-refractivity contribution in [1.29, 1.82) is 0 Å². The van der Waals surface area contributed by atoms with Gasteiger partial charge in [-0.1, -0.05) is 26.0 Å². The number of imide groups is 2. The number of likely N-dealkylation sites (tertiary alicyclic amines) is 2. The number of carbonyl (C=O) groups is 4. The molecular formula is C18H22N2O8S2+2. The van der Waals surface area contributed by atoms with Crippen LogP contribution in [0.15, 0.2) is 24.3 Å². The summed E-state index contributed by atoms with van der Waals surface area (Å²) in [6, 6.07) is 5.93. The molecule has 2 saturated heterocycles. The molecule has 0 bridgehead atoms. The molecule has 0 atom stereocenters. The van der Waals surface area contributed by atoms with Crippen molar-refractivity contribution in [3.63, 3.8) is 0 Å². The number of benzene rings is 1. The number of amides is 4. The molecule has 0 aromatic heterocycles. The maximum absolute atomic E-state index is 12.4. The van der Waals surface area contributed by atoms with E-state index in [4.69, 9.17) is 0 Å². The zero-order valence-electron chi connectivity index (χ0n) is 16.5. The molecule has 2 aliphatic rings. The number of quaternary nitrogens is 2. The highest BCUT2D eigenvalue weighted by molar-refractivity contribution is 7.86. The lowest BCUT2D eigenvalue weighted by Gasteiger charge is -2.27. The van der Waals surface area contributed by atoms with Gasteiger partial charge < -0.3 is 0 Å². The zero-order valence-corrected chi connectivity index (χ0v) is 18.2. The van der Waals surface area contributed by atoms with E-state index in [1.165, 1.54) is 24.3 Å². The predicted octanol–water partition coefficient (Wildman–Crippen LogP) is -0.0666. The van der Waals surface area contributed by atoms with Gasteiger partial charge in [-0.25, -0.2) is 19.2 Å². The molecule has 12 heteroatoms. The monoisotopic (exact) mass is 458 g/mol. The molecule has 30 heavy (non-hydrogen) atoms. The summed E-state index contributed by atoms with van der Waals surface area (Å²) < 4.78 is 46.8. The van der Waals surface area contributed by atoms with Gasteiger partial charge >= 0.3 is 43.7 Å². The van der Waals surface area contributed by atoms with Gasteiger partial charge in [0.25, 0.3) is 0 Å². The van der Waals surface area contributed by atoms with Crippen LogP contribution >= 0.6 is 0 Å². The largest absolute Gasteiger partial charge is 0.337 e. The quantitative estimate of drug-likeness (QED) is 0.427. The third-order valence-electron chi connectivity index (χ3n) is 5.65. The van der Waals surface area contributed by atoms with Crippen LogP contribution in [-0.2, 0) is 52.3 Å². The maximum Gasteiger partial charge on any atom is 0.337 e. The van der Waals surface area contributed by atoms with E-state index in [0.29, 0.717) is 11.1 Å². The first-order valence-corrected chi connectivity index (χ1v) is 12.8. The highest BCUT2D eigenvalue weighted by atomic mass is 32.2. The summed E-state index contributed by atoms with van der Waals surface area (Å²) in [7, 11) is -8.24. The number of hydrogen-bond acceptors (Lipinski definition) is 8. The SMILES string of the molecule is CS(=O)(=O)[N+]1(Cc2cccc(C[N+]3(S(C)(=O)=O)C(=O)CCC3=O)c2)C(=O)CCC1=O. The molecule has 10 nitrogen and oxygen atoms in total. The first-order valence-electron chi connectivity index (χ1n) is 9.13. The van der Waals surface area contributed by atoms with Crippen molar-refractivity contribution in [2.24, 2.45) is 0 Å². The number of nitrogens with zero attached hydrogens (tertiary/aromatic N) is 2. The van der Waals surface area contributed by atoms with Crippen LogP contribution in [0.5, 0.6) is 0 Å². The second-order valence-electron chi connectivity index (χ2n) is 7.66. The minimum atomic E-state index is -4.12. The Balaban J connectivity index is 2.03. The Morgan fingerprint density at radius 2 is 0.967 bits per heavy atom. The minimum absolute atomic E-state index is 0.178. The summed E-state index contributed by atoms with van der Waals surface area (Å²) in [5, 5.41) is 0. The topological polar surface area (TPSA) is 137 Å². The smallest absolute Gasteiger partial charge is 0.229 e. The lowest BCUT2D eigenvalue weighted by Crippen LogP contribution is -2.55. The first kappa shape index (κ1) is 22.4. The van der Waals surface area contributed by atoms with Gasteiger partial charge in [-0.2, -0.15) is 16.8 Å². The predicted molar refractivity (Wildman–Crippen MR) is 103 cm³/mol. The number of hydrogen-bond donors (Lipinski definition) is 0. The van der Waals surface area contributed by atoms with Gasteiger partial charge in [0, 0.05) is 11.1 Å². The Bertz CT molecular complexity index is 1060. The second-order valence-corrected chi connectivity index (χ2v) is 11.8. The number of sulfonamides is 2. The summed E-state index contributed by atoms with van der Waals surface area (Å²) in [5.74, 6) is -2.90. The van der Waals surface area contributed by atoms with Crippen molar-refractivity contribution < 1.29 is 43.8 Å². The fourth-order valence-electron chi connectivity index (χ4n) is 4.10. The molecule has 162 valence electrons. The van der Waals surface area contributed by atoms with Crippen LogP contribution in [0.25, 0.3) is 0 Å². The van der Waals surface area contributed by atoms with Crippen molar-refractivity contribution in [1.82, 2.24) is 0 Å². The minimum Gasteiger partial charge on any atom is -0.229 e. The van der Waals surface area contributed by atoms with Gasteiger partial charge in [0.05, 0.1) is 38.2 Å². The normalized spacial score (nSPS) is 21.4. The number of carbonyl (C=O) groups excluding carboxylic acids is 4. The molecule has 0 spiro atoms. The van der Waals surface area contributed by atoms with Crippen molar-refractivity contribution in [3.05, 3.63) is 35.4 Å². The summed E-state index contributed by atoms with van der Waals surface area (Å²) in [4.78, 5) is 49.6. The third kappa shape index (κ3) is 3.23. The van der Waals surface area contributed by atoms with E-state index < -0.39 is 64.5 Å². The van der Waals surface area contributed by atoms with E-state index in [0.717, 1.165) is 12.5 Å². The van der Waals surface area contributed by atoms with Gasteiger partial charge in [-0.3, -0.25) is 0 Å². The van der Waals surface area contributed by atoms with Crippen molar-refractivity contribution in [2.45, 2.75) is 38.8 Å². The van der Waals surface area contributed by atoms with E-state index in [1.807, 2.05) is 0 Å². The van der Waals surface area contributed by atoms with Gasteiger partial charge in [0.2, 0.25) is 0 Å². The van der Waals surface area contributed by atoms with E-state index in [-0.39, 0.29) is 25.7 Å². The third-order valence-corrected chi connectivity index (χ3v) is 8.99. The Labute approximate surface area is 174 Å². The molecule has 2 heterocycles. The standard InChI is InChI=1S/C18H22N2O8S2/c1-29(25,26)19(15(21)6-7-16(19)22)11-13-4-3-5-14(10-13)12-20(30(2,27)28)17(23)8-9-18(20)24/h3-5,10H,6-9,11-12H2,1-2H3/q+2. The summed E-state index contributed by atoms with van der Waals surface area (Å²) in [5.41, 5.74) is 0.597. The van der Waals surface area contributed by atoms with Crippen molar-refractivity contribution in [3.8, 4) is 0 Å². The molecule has 3 rings (SSSR count). The van der Waals surface area contributed by atoms with Crippen LogP contribution in [0.4, 0.5) is 0 Å². The molecule has 1 aromatic carbocycles. The fourth-order valence-corrected chi connectivity index (χ4v) is 6.71. The Morgan fingerprint density at radius 3 is 1.23 bits per heavy atom. The first-order chi connectivity index (χ1) is 13.8. The zero-order chi connectivity index (χ0) is 22.5. The lowest BCUT2D eigenvalue weighted by molar-refractivity contribution is -0.657. The van der Waals surface area contributed by atoms with Gasteiger partial charge in [-0.15, -0.1) is 0 Å². The molecule has 4 amide bonds. The molecular weight excluding hydrogens is 436 g/mol. The molecule has 1 aromatic rings.